The molecule has 0 amide bonds. The van der Waals surface area contributed by atoms with E-state index in [1.54, 1.807) is 7.11 Å². The Hall–Kier alpha value is -1.11. The number of rotatable bonds is 7. The number of para-hydroxylation sites is 1. The van der Waals surface area contributed by atoms with E-state index in [4.69, 9.17) is 9.47 Å². The van der Waals surface area contributed by atoms with E-state index in [0.29, 0.717) is 13.0 Å². The molecule has 0 spiro atoms. The lowest BCUT2D eigenvalue weighted by molar-refractivity contribution is 0.0689. The van der Waals surface area contributed by atoms with Crippen molar-refractivity contribution in [1.29, 1.82) is 0 Å². The zero-order valence-electron chi connectivity index (χ0n) is 12.5. The lowest BCUT2D eigenvalue weighted by Gasteiger charge is -2.13. The first kappa shape index (κ1) is 16.3. The Kier molecular flexibility index (Phi) is 5.61. The first-order valence-electron chi connectivity index (χ1n) is 7.25. The second-order valence-electron chi connectivity index (χ2n) is 5.38. The zero-order valence-corrected chi connectivity index (χ0v) is 13.4. The molecule has 0 aliphatic carbocycles. The smallest absolute Gasteiger partial charge is 0.214 e. The van der Waals surface area contributed by atoms with Gasteiger partial charge < -0.3 is 9.47 Å². The first-order valence-corrected chi connectivity index (χ1v) is 8.90. The Balaban J connectivity index is 1.82. The van der Waals surface area contributed by atoms with Crippen LogP contribution in [-0.2, 0) is 21.2 Å². The number of nitrogens with one attached hydrogen (secondary N) is 1. The summed E-state index contributed by atoms with van der Waals surface area (Å²) in [5, 5.41) is 0. The number of hydrogen-bond acceptors (Lipinski definition) is 4. The molecule has 118 valence electrons. The van der Waals surface area contributed by atoms with Crippen molar-refractivity contribution in [2.24, 2.45) is 0 Å². The second-order valence-corrected chi connectivity index (χ2v) is 7.24. The molecule has 2 rings (SSSR count). The van der Waals surface area contributed by atoms with Gasteiger partial charge in [0.25, 0.3) is 0 Å². The normalized spacial score (nSPS) is 22.4. The molecule has 0 radical (unpaired) electrons. The molecule has 1 aliphatic heterocycles. The van der Waals surface area contributed by atoms with E-state index in [1.807, 2.05) is 31.2 Å². The molecular weight excluding hydrogens is 290 g/mol. The fraction of sp³-hybridized carbons (Fsp3) is 0.600. The maximum atomic E-state index is 12.0. The van der Waals surface area contributed by atoms with E-state index >= 15 is 0 Å². The van der Waals surface area contributed by atoms with E-state index in [1.165, 1.54) is 0 Å². The molecule has 2 unspecified atom stereocenters. The summed E-state index contributed by atoms with van der Waals surface area (Å²) in [4.78, 5) is 0. The molecule has 2 atom stereocenters. The minimum atomic E-state index is -3.29. The highest BCUT2D eigenvalue weighted by atomic mass is 32.2. The van der Waals surface area contributed by atoms with Gasteiger partial charge in [-0.05, 0) is 37.8 Å². The van der Waals surface area contributed by atoms with Crippen molar-refractivity contribution in [1.82, 2.24) is 4.72 Å². The molecule has 1 fully saturated rings. The third-order valence-electron chi connectivity index (χ3n) is 3.63. The molecule has 5 nitrogen and oxygen atoms in total. The first-order chi connectivity index (χ1) is 10.00. The number of hydrogen-bond donors (Lipinski definition) is 1. The molecule has 1 aliphatic rings. The molecule has 1 aromatic carbocycles. The van der Waals surface area contributed by atoms with Gasteiger partial charge in [0.1, 0.15) is 5.75 Å². The van der Waals surface area contributed by atoms with Crippen LogP contribution in [0.4, 0.5) is 0 Å². The second kappa shape index (κ2) is 7.24. The molecule has 21 heavy (non-hydrogen) atoms. The summed E-state index contributed by atoms with van der Waals surface area (Å²) in [6, 6.07) is 7.62. The SMILES string of the molecule is COc1ccccc1CCNS(=O)(=O)CC1CCC(C)O1. The third kappa shape index (κ3) is 4.98. The predicted octanol–water partition coefficient (Wildman–Crippen LogP) is 1.72. The highest BCUT2D eigenvalue weighted by molar-refractivity contribution is 7.89. The van der Waals surface area contributed by atoms with Crippen LogP contribution in [0.5, 0.6) is 5.75 Å². The van der Waals surface area contributed by atoms with Crippen molar-refractivity contribution in [3.8, 4) is 5.75 Å². The lowest BCUT2D eigenvalue weighted by Crippen LogP contribution is -2.33. The summed E-state index contributed by atoms with van der Waals surface area (Å²) in [7, 11) is -1.68. The maximum Gasteiger partial charge on any atom is 0.214 e. The van der Waals surface area contributed by atoms with Crippen molar-refractivity contribution in [2.75, 3.05) is 19.4 Å². The molecule has 0 bridgehead atoms. The van der Waals surface area contributed by atoms with Gasteiger partial charge in [-0.25, -0.2) is 13.1 Å². The summed E-state index contributed by atoms with van der Waals surface area (Å²) in [6.07, 6.45) is 2.34. The summed E-state index contributed by atoms with van der Waals surface area (Å²) < 4.78 is 37.5. The van der Waals surface area contributed by atoms with Crippen molar-refractivity contribution in [2.45, 2.75) is 38.4 Å². The summed E-state index contributed by atoms with van der Waals surface area (Å²) in [5.41, 5.74) is 0.994. The number of benzene rings is 1. The van der Waals surface area contributed by atoms with Crippen molar-refractivity contribution < 1.29 is 17.9 Å². The van der Waals surface area contributed by atoms with Gasteiger partial charge in [0, 0.05) is 6.54 Å². The van der Waals surface area contributed by atoms with E-state index in [2.05, 4.69) is 4.72 Å². The topological polar surface area (TPSA) is 64.6 Å². The monoisotopic (exact) mass is 313 g/mol. The van der Waals surface area contributed by atoms with Crippen LogP contribution in [0.2, 0.25) is 0 Å². The minimum Gasteiger partial charge on any atom is -0.496 e. The summed E-state index contributed by atoms with van der Waals surface area (Å²) >= 11 is 0. The molecule has 6 heteroatoms. The predicted molar refractivity (Wildman–Crippen MR) is 82.1 cm³/mol. The number of methoxy groups -OCH3 is 1. The van der Waals surface area contributed by atoms with Crippen LogP contribution in [0, 0.1) is 0 Å². The van der Waals surface area contributed by atoms with Crippen LogP contribution in [-0.4, -0.2) is 40.0 Å². The highest BCUT2D eigenvalue weighted by Gasteiger charge is 2.26. The summed E-state index contributed by atoms with van der Waals surface area (Å²) in [5.74, 6) is 0.827. The van der Waals surface area contributed by atoms with Gasteiger partial charge >= 0.3 is 0 Å². The molecule has 0 aromatic heterocycles. The minimum absolute atomic E-state index is 0.0449. The van der Waals surface area contributed by atoms with E-state index < -0.39 is 10.0 Å². The van der Waals surface area contributed by atoms with E-state index in [0.717, 1.165) is 24.2 Å². The summed E-state index contributed by atoms with van der Waals surface area (Å²) in [6.45, 7) is 2.34. The lowest BCUT2D eigenvalue weighted by atomic mass is 10.1. The fourth-order valence-electron chi connectivity index (χ4n) is 2.56. The van der Waals surface area contributed by atoms with Crippen molar-refractivity contribution in [3.63, 3.8) is 0 Å². The molecule has 0 saturated carbocycles. The van der Waals surface area contributed by atoms with E-state index in [-0.39, 0.29) is 18.0 Å². The Bertz CT molecular complexity index is 559. The molecule has 1 heterocycles. The van der Waals surface area contributed by atoms with Gasteiger partial charge in [-0.15, -0.1) is 0 Å². The Labute approximate surface area is 126 Å². The van der Waals surface area contributed by atoms with Crippen LogP contribution in [0.1, 0.15) is 25.3 Å². The fourth-order valence-corrected chi connectivity index (χ4v) is 3.83. The van der Waals surface area contributed by atoms with Crippen LogP contribution in [0.25, 0.3) is 0 Å². The van der Waals surface area contributed by atoms with Crippen LogP contribution in [0.3, 0.4) is 0 Å². The van der Waals surface area contributed by atoms with Gasteiger partial charge in [-0.1, -0.05) is 18.2 Å². The van der Waals surface area contributed by atoms with Gasteiger partial charge in [0.2, 0.25) is 10.0 Å². The van der Waals surface area contributed by atoms with Gasteiger partial charge in [0.05, 0.1) is 25.1 Å². The van der Waals surface area contributed by atoms with Gasteiger partial charge in [0.15, 0.2) is 0 Å². The number of ether oxygens (including phenoxy) is 2. The Morgan fingerprint density at radius 1 is 1.33 bits per heavy atom. The zero-order chi connectivity index (χ0) is 15.3. The standard InChI is InChI=1S/C15H23NO4S/c1-12-7-8-14(20-12)11-21(17,18)16-10-9-13-5-3-4-6-15(13)19-2/h3-6,12,14,16H,7-11H2,1-2H3. The van der Waals surface area contributed by atoms with Crippen molar-refractivity contribution >= 4 is 10.0 Å². The van der Waals surface area contributed by atoms with Gasteiger partial charge in [-0.3, -0.25) is 0 Å². The maximum absolute atomic E-state index is 12.0. The van der Waals surface area contributed by atoms with Crippen LogP contribution < -0.4 is 9.46 Å². The largest absolute Gasteiger partial charge is 0.496 e. The van der Waals surface area contributed by atoms with Crippen LogP contribution >= 0.6 is 0 Å². The Morgan fingerprint density at radius 3 is 2.76 bits per heavy atom. The average Bonchev–Trinajstić information content (AvgIpc) is 2.83. The van der Waals surface area contributed by atoms with Crippen molar-refractivity contribution in [3.05, 3.63) is 29.8 Å². The third-order valence-corrected chi connectivity index (χ3v) is 5.09. The molecule has 1 saturated heterocycles. The highest BCUT2D eigenvalue weighted by Crippen LogP contribution is 2.20. The van der Waals surface area contributed by atoms with Gasteiger partial charge in [-0.2, -0.15) is 0 Å². The Morgan fingerprint density at radius 2 is 2.10 bits per heavy atom. The van der Waals surface area contributed by atoms with Crippen LogP contribution in [0.15, 0.2) is 24.3 Å². The molecule has 1 N–H and O–H groups in total. The molecular formula is C15H23NO4S. The molecule has 1 aromatic rings. The van der Waals surface area contributed by atoms with E-state index in [9.17, 15) is 8.42 Å². The average molecular weight is 313 g/mol. The quantitative estimate of drug-likeness (QED) is 0.832. The number of sulfonamides is 1.